The van der Waals surface area contributed by atoms with E-state index in [2.05, 4.69) is 10.0 Å². The Morgan fingerprint density at radius 3 is 2.10 bits per heavy atom. The molecule has 0 aliphatic carbocycles. The van der Waals surface area contributed by atoms with Crippen molar-refractivity contribution in [2.75, 3.05) is 5.32 Å². The van der Waals surface area contributed by atoms with Crippen LogP contribution < -0.4 is 14.8 Å². The van der Waals surface area contributed by atoms with Crippen molar-refractivity contribution in [3.8, 4) is 5.75 Å². The Labute approximate surface area is 177 Å². The average molecular weight is 425 g/mol. The summed E-state index contributed by atoms with van der Waals surface area (Å²) in [5.41, 5.74) is 1.37. The lowest BCUT2D eigenvalue weighted by molar-refractivity contribution is -0.122. The van der Waals surface area contributed by atoms with Crippen LogP contribution in [0.3, 0.4) is 0 Å². The van der Waals surface area contributed by atoms with E-state index in [1.807, 2.05) is 55.5 Å². The summed E-state index contributed by atoms with van der Waals surface area (Å²) in [6, 6.07) is 24.4. The van der Waals surface area contributed by atoms with Crippen LogP contribution in [0.25, 0.3) is 0 Å². The van der Waals surface area contributed by atoms with Gasteiger partial charge in [0, 0.05) is 12.2 Å². The van der Waals surface area contributed by atoms with E-state index in [1.54, 1.807) is 24.3 Å². The van der Waals surface area contributed by atoms with Gasteiger partial charge in [0.05, 0.1) is 4.90 Å². The van der Waals surface area contributed by atoms with Gasteiger partial charge in [-0.1, -0.05) is 55.5 Å². The molecule has 0 heterocycles. The molecule has 0 aromatic heterocycles. The molecule has 2 N–H and O–H groups in total. The molecule has 0 saturated carbocycles. The minimum atomic E-state index is -3.65. The van der Waals surface area contributed by atoms with Gasteiger partial charge in [0.1, 0.15) is 5.75 Å². The minimum Gasteiger partial charge on any atom is -0.481 e. The van der Waals surface area contributed by atoms with E-state index in [4.69, 9.17) is 4.74 Å². The van der Waals surface area contributed by atoms with Gasteiger partial charge in [-0.25, -0.2) is 13.1 Å². The van der Waals surface area contributed by atoms with Gasteiger partial charge >= 0.3 is 0 Å². The smallest absolute Gasteiger partial charge is 0.265 e. The molecule has 156 valence electrons. The van der Waals surface area contributed by atoms with Crippen LogP contribution in [0.5, 0.6) is 5.75 Å². The van der Waals surface area contributed by atoms with Crippen molar-refractivity contribution in [1.82, 2.24) is 4.72 Å². The zero-order valence-corrected chi connectivity index (χ0v) is 17.4. The lowest BCUT2D eigenvalue weighted by atomic mass is 10.2. The number of hydrogen-bond donors (Lipinski definition) is 2. The molecular formula is C23H24N2O4S. The van der Waals surface area contributed by atoms with Crippen LogP contribution in [0.1, 0.15) is 18.9 Å². The number of carbonyl (C=O) groups is 1. The second-order valence-corrected chi connectivity index (χ2v) is 8.42. The molecule has 3 aromatic carbocycles. The molecule has 0 bridgehead atoms. The summed E-state index contributed by atoms with van der Waals surface area (Å²) in [4.78, 5) is 12.7. The Kier molecular flexibility index (Phi) is 7.21. The van der Waals surface area contributed by atoms with Gasteiger partial charge in [-0.3, -0.25) is 4.79 Å². The summed E-state index contributed by atoms with van der Waals surface area (Å²) < 4.78 is 33.3. The standard InChI is InChI=1S/C23H24N2O4S/c1-2-22(29-20-11-7-4-8-12-20)23(26)25-19-13-15-21(16-14-19)30(27,28)24-17-18-9-5-3-6-10-18/h3-16,22,24H,2,17H2,1H3,(H,25,26)/t22-/m0/s1. The number of carbonyl (C=O) groups excluding carboxylic acids is 1. The second-order valence-electron chi connectivity index (χ2n) is 6.65. The van der Waals surface area contributed by atoms with Crippen molar-refractivity contribution in [2.24, 2.45) is 0 Å². The highest BCUT2D eigenvalue weighted by molar-refractivity contribution is 7.89. The number of amides is 1. The van der Waals surface area contributed by atoms with E-state index in [9.17, 15) is 13.2 Å². The Bertz CT molecular complexity index is 1050. The van der Waals surface area contributed by atoms with Crippen LogP contribution in [0.2, 0.25) is 0 Å². The first kappa shape index (κ1) is 21.5. The summed E-state index contributed by atoms with van der Waals surface area (Å²) >= 11 is 0. The number of nitrogens with one attached hydrogen (secondary N) is 2. The van der Waals surface area contributed by atoms with E-state index in [0.29, 0.717) is 17.9 Å². The minimum absolute atomic E-state index is 0.129. The number of anilines is 1. The monoisotopic (exact) mass is 424 g/mol. The molecule has 1 amide bonds. The molecule has 6 nitrogen and oxygen atoms in total. The maximum atomic E-state index is 12.5. The first-order chi connectivity index (χ1) is 14.5. The molecule has 3 rings (SSSR count). The van der Waals surface area contributed by atoms with Crippen LogP contribution in [-0.4, -0.2) is 20.4 Å². The summed E-state index contributed by atoms with van der Waals surface area (Å²) in [5.74, 6) is 0.324. The lowest BCUT2D eigenvalue weighted by Gasteiger charge is -2.17. The highest BCUT2D eigenvalue weighted by Crippen LogP contribution is 2.17. The third-order valence-corrected chi connectivity index (χ3v) is 5.84. The molecule has 0 saturated heterocycles. The molecule has 30 heavy (non-hydrogen) atoms. The molecule has 1 atom stereocenters. The number of rotatable bonds is 9. The van der Waals surface area contributed by atoms with Crippen molar-refractivity contribution in [2.45, 2.75) is 30.9 Å². The first-order valence-corrected chi connectivity index (χ1v) is 11.1. The SMILES string of the molecule is CC[C@H](Oc1ccccc1)C(=O)Nc1ccc(S(=O)(=O)NCc2ccccc2)cc1. The van der Waals surface area contributed by atoms with Crippen LogP contribution in [-0.2, 0) is 21.4 Å². The summed E-state index contributed by atoms with van der Waals surface area (Å²) in [6.45, 7) is 2.07. The molecule has 0 radical (unpaired) electrons. The van der Waals surface area contributed by atoms with Crippen molar-refractivity contribution in [3.05, 3.63) is 90.5 Å². The predicted octanol–water partition coefficient (Wildman–Crippen LogP) is 3.96. The topological polar surface area (TPSA) is 84.5 Å². The van der Waals surface area contributed by atoms with Crippen LogP contribution in [0, 0.1) is 0 Å². The molecule has 3 aromatic rings. The fraction of sp³-hybridized carbons (Fsp3) is 0.174. The number of benzene rings is 3. The van der Waals surface area contributed by atoms with Gasteiger partial charge in [0.15, 0.2) is 6.10 Å². The van der Waals surface area contributed by atoms with Crippen LogP contribution in [0.4, 0.5) is 5.69 Å². The quantitative estimate of drug-likeness (QED) is 0.545. The Morgan fingerprint density at radius 1 is 0.900 bits per heavy atom. The zero-order chi connectivity index (χ0) is 21.4. The molecule has 0 unspecified atom stereocenters. The van der Waals surface area contributed by atoms with Gasteiger partial charge in [0.25, 0.3) is 5.91 Å². The molecule has 0 aliphatic rings. The summed E-state index contributed by atoms with van der Waals surface area (Å²) in [5, 5.41) is 2.77. The number of hydrogen-bond acceptors (Lipinski definition) is 4. The van der Waals surface area contributed by atoms with E-state index in [1.165, 1.54) is 12.1 Å². The zero-order valence-electron chi connectivity index (χ0n) is 16.6. The predicted molar refractivity (Wildman–Crippen MR) is 117 cm³/mol. The number of para-hydroxylation sites is 1. The van der Waals surface area contributed by atoms with Crippen LogP contribution in [0.15, 0.2) is 89.8 Å². The normalized spacial score (nSPS) is 12.2. The molecular weight excluding hydrogens is 400 g/mol. The highest BCUT2D eigenvalue weighted by atomic mass is 32.2. The Morgan fingerprint density at radius 2 is 1.50 bits per heavy atom. The van der Waals surface area contributed by atoms with E-state index < -0.39 is 16.1 Å². The van der Waals surface area contributed by atoms with Crippen molar-refractivity contribution < 1.29 is 17.9 Å². The van der Waals surface area contributed by atoms with Crippen molar-refractivity contribution in [1.29, 1.82) is 0 Å². The third-order valence-electron chi connectivity index (χ3n) is 4.43. The van der Waals surface area contributed by atoms with Gasteiger partial charge in [-0.2, -0.15) is 0 Å². The fourth-order valence-electron chi connectivity index (χ4n) is 2.78. The maximum Gasteiger partial charge on any atom is 0.265 e. The Hall–Kier alpha value is -3.16. The number of sulfonamides is 1. The van der Waals surface area contributed by atoms with E-state index >= 15 is 0 Å². The van der Waals surface area contributed by atoms with Gasteiger partial charge in [-0.05, 0) is 48.4 Å². The van der Waals surface area contributed by atoms with Crippen LogP contribution >= 0.6 is 0 Å². The molecule has 0 spiro atoms. The lowest BCUT2D eigenvalue weighted by Crippen LogP contribution is -2.32. The van der Waals surface area contributed by atoms with Gasteiger partial charge in [-0.15, -0.1) is 0 Å². The van der Waals surface area contributed by atoms with Gasteiger partial charge in [0.2, 0.25) is 10.0 Å². The van der Waals surface area contributed by atoms with E-state index in [0.717, 1.165) is 5.56 Å². The van der Waals surface area contributed by atoms with E-state index in [-0.39, 0.29) is 17.3 Å². The second kappa shape index (κ2) is 10.0. The van der Waals surface area contributed by atoms with Gasteiger partial charge < -0.3 is 10.1 Å². The highest BCUT2D eigenvalue weighted by Gasteiger charge is 2.19. The van der Waals surface area contributed by atoms with Crippen molar-refractivity contribution in [3.63, 3.8) is 0 Å². The molecule has 0 aliphatic heterocycles. The summed E-state index contributed by atoms with van der Waals surface area (Å²) in [7, 11) is -3.65. The van der Waals surface area contributed by atoms with Crippen molar-refractivity contribution >= 4 is 21.6 Å². The molecule has 0 fully saturated rings. The first-order valence-electron chi connectivity index (χ1n) is 9.64. The maximum absolute atomic E-state index is 12.5. The fourth-order valence-corrected chi connectivity index (χ4v) is 3.80. The summed E-state index contributed by atoms with van der Waals surface area (Å²) in [6.07, 6.45) is -0.153. The average Bonchev–Trinajstić information content (AvgIpc) is 2.78. The Balaban J connectivity index is 1.61. The number of ether oxygens (including phenoxy) is 1. The third kappa shape index (κ3) is 5.92. The largest absolute Gasteiger partial charge is 0.481 e. The molecule has 7 heteroatoms.